The lowest BCUT2D eigenvalue weighted by Crippen LogP contribution is -2.49. The first-order valence-corrected chi connectivity index (χ1v) is 11.4. The van der Waals surface area contributed by atoms with E-state index in [1.165, 1.54) is 5.56 Å². The number of benzene rings is 2. The minimum Gasteiger partial charge on any atom is -0.355 e. The number of hydrogen-bond donors (Lipinski definition) is 1. The summed E-state index contributed by atoms with van der Waals surface area (Å²) >= 11 is 5.01. The Morgan fingerprint density at radius 1 is 1.04 bits per heavy atom. The molecule has 0 aromatic heterocycles. The Kier molecular flexibility index (Phi) is 9.58. The highest BCUT2D eigenvalue weighted by Gasteiger charge is 2.28. The number of amides is 2. The molecule has 2 amide bonds. The Morgan fingerprint density at radius 2 is 1.71 bits per heavy atom. The van der Waals surface area contributed by atoms with Crippen LogP contribution in [0.4, 0.5) is 0 Å². The molecule has 1 unspecified atom stereocenters. The normalized spacial score (nSPS) is 11.7. The second-order valence-corrected chi connectivity index (χ2v) is 8.35. The Morgan fingerprint density at radius 3 is 2.32 bits per heavy atom. The van der Waals surface area contributed by atoms with Crippen LogP contribution in [-0.2, 0) is 21.9 Å². The third kappa shape index (κ3) is 6.99. The molecule has 0 radical (unpaired) electrons. The van der Waals surface area contributed by atoms with Crippen LogP contribution in [0.5, 0.6) is 0 Å². The van der Waals surface area contributed by atoms with E-state index in [2.05, 4.69) is 21.2 Å². The van der Waals surface area contributed by atoms with Crippen LogP contribution in [0, 0.1) is 0 Å². The summed E-state index contributed by atoms with van der Waals surface area (Å²) in [4.78, 5) is 27.3. The third-order valence-corrected chi connectivity index (χ3v) is 5.86. The van der Waals surface area contributed by atoms with Gasteiger partial charge >= 0.3 is 0 Å². The van der Waals surface area contributed by atoms with E-state index in [9.17, 15) is 9.59 Å². The predicted molar refractivity (Wildman–Crippen MR) is 120 cm³/mol. The highest BCUT2D eigenvalue weighted by Crippen LogP contribution is 2.18. The number of rotatable bonds is 10. The van der Waals surface area contributed by atoms with Crippen LogP contribution in [0.1, 0.15) is 31.4 Å². The molecule has 1 atom stereocenters. The summed E-state index contributed by atoms with van der Waals surface area (Å²) in [6.07, 6.45) is 0.585. The van der Waals surface area contributed by atoms with Crippen LogP contribution in [0.25, 0.3) is 0 Å². The van der Waals surface area contributed by atoms with Crippen LogP contribution in [0.2, 0.25) is 0 Å². The van der Waals surface area contributed by atoms with Crippen molar-refractivity contribution in [2.75, 3.05) is 12.3 Å². The second-order valence-electron chi connectivity index (χ2n) is 6.45. The molecular weight excluding hydrogens is 436 g/mol. The molecule has 0 saturated heterocycles. The minimum atomic E-state index is -0.457. The van der Waals surface area contributed by atoms with Gasteiger partial charge in [-0.3, -0.25) is 9.59 Å². The van der Waals surface area contributed by atoms with Crippen molar-refractivity contribution in [1.82, 2.24) is 10.2 Å². The summed E-state index contributed by atoms with van der Waals surface area (Å²) in [6, 6.07) is 17.5. The van der Waals surface area contributed by atoms with Crippen molar-refractivity contribution in [2.24, 2.45) is 0 Å². The average Bonchev–Trinajstić information content (AvgIpc) is 2.70. The largest absolute Gasteiger partial charge is 0.355 e. The van der Waals surface area contributed by atoms with Crippen molar-refractivity contribution in [3.8, 4) is 0 Å². The SMILES string of the molecule is CCNC(=O)C(CC)N(Cc1ccccc1)C(=O)CSCc1ccc(Br)cc1. The molecule has 2 rings (SSSR count). The van der Waals surface area contributed by atoms with Crippen molar-refractivity contribution in [3.63, 3.8) is 0 Å². The number of halogens is 1. The molecule has 0 saturated carbocycles. The van der Waals surface area contributed by atoms with Gasteiger partial charge in [0.1, 0.15) is 6.04 Å². The van der Waals surface area contributed by atoms with Gasteiger partial charge in [0, 0.05) is 23.3 Å². The number of likely N-dealkylation sites (N-methyl/N-ethyl adjacent to an activating group) is 1. The van der Waals surface area contributed by atoms with Gasteiger partial charge in [-0.1, -0.05) is 65.3 Å². The Labute approximate surface area is 180 Å². The van der Waals surface area contributed by atoms with Crippen molar-refractivity contribution in [1.29, 1.82) is 0 Å². The first-order valence-electron chi connectivity index (χ1n) is 9.48. The zero-order valence-electron chi connectivity index (χ0n) is 16.4. The quantitative estimate of drug-likeness (QED) is 0.559. The number of nitrogens with zero attached hydrogens (tertiary/aromatic N) is 1. The molecule has 150 valence electrons. The van der Waals surface area contributed by atoms with E-state index in [1.54, 1.807) is 16.7 Å². The third-order valence-electron chi connectivity index (χ3n) is 4.34. The highest BCUT2D eigenvalue weighted by atomic mass is 79.9. The maximum atomic E-state index is 13.0. The van der Waals surface area contributed by atoms with Crippen molar-refractivity contribution in [3.05, 3.63) is 70.2 Å². The lowest BCUT2D eigenvalue weighted by Gasteiger charge is -2.30. The van der Waals surface area contributed by atoms with E-state index < -0.39 is 6.04 Å². The van der Waals surface area contributed by atoms with E-state index in [0.29, 0.717) is 25.3 Å². The Hall–Kier alpha value is -1.79. The van der Waals surface area contributed by atoms with Crippen molar-refractivity contribution >= 4 is 39.5 Å². The molecule has 0 aliphatic heterocycles. The van der Waals surface area contributed by atoms with Gasteiger partial charge < -0.3 is 10.2 Å². The number of hydrogen-bond acceptors (Lipinski definition) is 3. The second kappa shape index (κ2) is 11.9. The molecule has 6 heteroatoms. The maximum absolute atomic E-state index is 13.0. The summed E-state index contributed by atoms with van der Waals surface area (Å²) in [6.45, 7) is 4.83. The standard InChI is InChI=1S/C22H27BrN2O2S/c1-3-20(22(27)24-4-2)25(14-17-8-6-5-7-9-17)21(26)16-28-15-18-10-12-19(23)13-11-18/h5-13,20H,3-4,14-16H2,1-2H3,(H,24,27). The fourth-order valence-electron chi connectivity index (χ4n) is 2.91. The topological polar surface area (TPSA) is 49.4 Å². The zero-order valence-corrected chi connectivity index (χ0v) is 18.8. The molecule has 2 aromatic carbocycles. The van der Waals surface area contributed by atoms with Gasteiger partial charge in [0.2, 0.25) is 11.8 Å². The zero-order chi connectivity index (χ0) is 20.4. The minimum absolute atomic E-state index is 0.0101. The van der Waals surface area contributed by atoms with Gasteiger partial charge in [-0.15, -0.1) is 11.8 Å². The fraction of sp³-hybridized carbons (Fsp3) is 0.364. The summed E-state index contributed by atoms with van der Waals surface area (Å²) in [5, 5.41) is 2.86. The maximum Gasteiger partial charge on any atom is 0.242 e. The first kappa shape index (κ1) is 22.5. The smallest absolute Gasteiger partial charge is 0.242 e. The predicted octanol–water partition coefficient (Wildman–Crippen LogP) is 4.63. The summed E-state index contributed by atoms with van der Waals surface area (Å²) < 4.78 is 1.04. The van der Waals surface area contributed by atoms with Crippen molar-refractivity contribution < 1.29 is 9.59 Å². The van der Waals surface area contributed by atoms with Crippen LogP contribution in [-0.4, -0.2) is 35.1 Å². The van der Waals surface area contributed by atoms with Gasteiger partial charge in [0.15, 0.2) is 0 Å². The summed E-state index contributed by atoms with van der Waals surface area (Å²) in [7, 11) is 0. The van der Waals surface area contributed by atoms with Crippen LogP contribution >= 0.6 is 27.7 Å². The molecular formula is C22H27BrN2O2S. The molecule has 0 fully saturated rings. The van der Waals surface area contributed by atoms with Crippen LogP contribution in [0.15, 0.2) is 59.1 Å². The van der Waals surface area contributed by atoms with Crippen LogP contribution in [0.3, 0.4) is 0 Å². The molecule has 1 N–H and O–H groups in total. The fourth-order valence-corrected chi connectivity index (χ4v) is 4.05. The number of carbonyl (C=O) groups excluding carboxylic acids is 2. The Bertz CT molecular complexity index is 753. The molecule has 0 heterocycles. The first-order chi connectivity index (χ1) is 13.5. The molecule has 28 heavy (non-hydrogen) atoms. The van der Waals surface area contributed by atoms with Gasteiger partial charge in [0.05, 0.1) is 5.75 Å². The van der Waals surface area contributed by atoms with E-state index in [0.717, 1.165) is 15.8 Å². The molecule has 0 spiro atoms. The number of carbonyl (C=O) groups is 2. The van der Waals surface area contributed by atoms with Gasteiger partial charge in [0.25, 0.3) is 0 Å². The number of thioether (sulfide) groups is 1. The lowest BCUT2D eigenvalue weighted by molar-refractivity contribution is -0.139. The van der Waals surface area contributed by atoms with Crippen LogP contribution < -0.4 is 5.32 Å². The molecule has 2 aromatic rings. The van der Waals surface area contributed by atoms with E-state index in [-0.39, 0.29) is 11.8 Å². The number of nitrogens with one attached hydrogen (secondary N) is 1. The van der Waals surface area contributed by atoms with Gasteiger partial charge in [-0.05, 0) is 36.6 Å². The molecule has 4 nitrogen and oxygen atoms in total. The van der Waals surface area contributed by atoms with E-state index >= 15 is 0 Å². The van der Waals surface area contributed by atoms with Gasteiger partial charge in [-0.25, -0.2) is 0 Å². The highest BCUT2D eigenvalue weighted by molar-refractivity contribution is 9.10. The van der Waals surface area contributed by atoms with E-state index in [4.69, 9.17) is 0 Å². The molecule has 0 bridgehead atoms. The monoisotopic (exact) mass is 462 g/mol. The van der Waals surface area contributed by atoms with Gasteiger partial charge in [-0.2, -0.15) is 0 Å². The molecule has 0 aliphatic rings. The van der Waals surface area contributed by atoms with Crippen molar-refractivity contribution in [2.45, 2.75) is 38.6 Å². The molecule has 0 aliphatic carbocycles. The summed E-state index contributed by atoms with van der Waals surface area (Å²) in [5.74, 6) is 1.01. The van der Waals surface area contributed by atoms with E-state index in [1.807, 2.05) is 68.4 Å². The lowest BCUT2D eigenvalue weighted by atomic mass is 10.1. The Balaban J connectivity index is 2.06. The summed E-state index contributed by atoms with van der Waals surface area (Å²) in [5.41, 5.74) is 2.20. The average molecular weight is 463 g/mol.